The molecule has 8 heteroatoms. The molecule has 2 N–H and O–H groups in total. The van der Waals surface area contributed by atoms with E-state index in [9.17, 15) is 5.11 Å². The second-order valence-electron chi connectivity index (χ2n) is 7.16. The van der Waals surface area contributed by atoms with Gasteiger partial charge < -0.3 is 15.3 Å². The van der Waals surface area contributed by atoms with E-state index in [1.807, 2.05) is 48.7 Å². The van der Waals surface area contributed by atoms with E-state index in [1.54, 1.807) is 17.5 Å². The Bertz CT molecular complexity index is 1140. The highest BCUT2D eigenvalue weighted by Crippen LogP contribution is 2.40. The Labute approximate surface area is 183 Å². The molecule has 0 spiro atoms. The van der Waals surface area contributed by atoms with E-state index in [0.717, 1.165) is 26.7 Å². The van der Waals surface area contributed by atoms with Crippen molar-refractivity contribution in [3.8, 4) is 5.13 Å². The lowest BCUT2D eigenvalue weighted by Crippen LogP contribution is -2.31. The average Bonchev–Trinajstić information content (AvgIpc) is 3.49. The number of nitrogens with one attached hydrogen (secondary N) is 1. The lowest BCUT2D eigenvalue weighted by Gasteiger charge is -2.28. The molecular weight excluding hydrogens is 414 g/mol. The molecule has 1 saturated heterocycles. The number of benzene rings is 1. The van der Waals surface area contributed by atoms with Crippen molar-refractivity contribution in [3.63, 3.8) is 0 Å². The van der Waals surface area contributed by atoms with Gasteiger partial charge in [0.15, 0.2) is 10.2 Å². The SMILES string of the molecule is OCCCN1C(=S)N[C@@H](c2ccccn2)[C@@H]1c1cccn1-c1nc2ccccc2s1. The van der Waals surface area contributed by atoms with Gasteiger partial charge in [0, 0.05) is 25.5 Å². The van der Waals surface area contributed by atoms with Crippen LogP contribution in [-0.2, 0) is 0 Å². The molecule has 0 unspecified atom stereocenters. The number of pyridine rings is 1. The molecule has 1 aliphatic heterocycles. The molecule has 3 aromatic heterocycles. The third kappa shape index (κ3) is 3.36. The van der Waals surface area contributed by atoms with E-state index >= 15 is 0 Å². The van der Waals surface area contributed by atoms with Crippen molar-refractivity contribution in [1.82, 2.24) is 24.8 Å². The number of thiazole rings is 1. The summed E-state index contributed by atoms with van der Waals surface area (Å²) in [4.78, 5) is 11.6. The van der Waals surface area contributed by atoms with Gasteiger partial charge in [-0.3, -0.25) is 9.55 Å². The van der Waals surface area contributed by atoms with Crippen molar-refractivity contribution in [2.24, 2.45) is 0 Å². The van der Waals surface area contributed by atoms with Gasteiger partial charge in [-0.25, -0.2) is 4.98 Å². The maximum atomic E-state index is 9.41. The number of thiocarbonyl (C=S) groups is 1. The van der Waals surface area contributed by atoms with Gasteiger partial charge in [0.05, 0.1) is 33.7 Å². The van der Waals surface area contributed by atoms with Gasteiger partial charge in [-0.15, -0.1) is 0 Å². The van der Waals surface area contributed by atoms with E-state index < -0.39 is 0 Å². The van der Waals surface area contributed by atoms with Crippen LogP contribution in [0.1, 0.15) is 29.9 Å². The molecule has 1 aliphatic rings. The third-order valence-corrected chi connectivity index (χ3v) is 6.71. The van der Waals surface area contributed by atoms with Crippen LogP contribution >= 0.6 is 23.6 Å². The Morgan fingerprint density at radius 3 is 2.77 bits per heavy atom. The van der Waals surface area contributed by atoms with Crippen molar-refractivity contribution >= 4 is 38.9 Å². The Morgan fingerprint density at radius 1 is 1.10 bits per heavy atom. The molecule has 1 fully saturated rings. The Balaban J connectivity index is 1.60. The van der Waals surface area contributed by atoms with Gasteiger partial charge in [0.2, 0.25) is 0 Å². The Morgan fingerprint density at radius 2 is 1.97 bits per heavy atom. The predicted molar refractivity (Wildman–Crippen MR) is 123 cm³/mol. The second kappa shape index (κ2) is 8.14. The number of hydrogen-bond donors (Lipinski definition) is 2. The highest BCUT2D eigenvalue weighted by molar-refractivity contribution is 7.80. The zero-order chi connectivity index (χ0) is 20.5. The molecule has 0 radical (unpaired) electrons. The van der Waals surface area contributed by atoms with Gasteiger partial charge in [0.25, 0.3) is 0 Å². The van der Waals surface area contributed by atoms with Crippen LogP contribution in [-0.4, -0.2) is 42.8 Å². The number of aliphatic hydroxyl groups excluding tert-OH is 1. The summed E-state index contributed by atoms with van der Waals surface area (Å²) in [5.74, 6) is 0. The van der Waals surface area contributed by atoms with E-state index in [1.165, 1.54) is 0 Å². The fourth-order valence-electron chi connectivity index (χ4n) is 3.98. The fourth-order valence-corrected chi connectivity index (χ4v) is 5.28. The number of aliphatic hydroxyl groups is 1. The number of para-hydroxylation sites is 1. The van der Waals surface area contributed by atoms with Crippen LogP contribution in [0.15, 0.2) is 67.0 Å². The topological polar surface area (TPSA) is 66.2 Å². The first-order chi connectivity index (χ1) is 14.8. The summed E-state index contributed by atoms with van der Waals surface area (Å²) in [6.45, 7) is 0.792. The van der Waals surface area contributed by atoms with E-state index in [2.05, 4.69) is 31.9 Å². The van der Waals surface area contributed by atoms with E-state index in [-0.39, 0.29) is 18.7 Å². The number of hydrogen-bond acceptors (Lipinski definition) is 5. The van der Waals surface area contributed by atoms with Crippen molar-refractivity contribution in [1.29, 1.82) is 0 Å². The van der Waals surface area contributed by atoms with Crippen LogP contribution in [0.5, 0.6) is 0 Å². The van der Waals surface area contributed by atoms with Gasteiger partial charge in [0.1, 0.15) is 0 Å². The minimum Gasteiger partial charge on any atom is -0.396 e. The normalized spacial score (nSPS) is 18.8. The monoisotopic (exact) mass is 435 g/mol. The molecule has 5 rings (SSSR count). The summed E-state index contributed by atoms with van der Waals surface area (Å²) in [5, 5.41) is 14.5. The van der Waals surface area contributed by atoms with Gasteiger partial charge >= 0.3 is 0 Å². The largest absolute Gasteiger partial charge is 0.396 e. The lowest BCUT2D eigenvalue weighted by atomic mass is 10.0. The molecular formula is C22H21N5OS2. The average molecular weight is 436 g/mol. The minimum atomic E-state index is -0.0829. The summed E-state index contributed by atoms with van der Waals surface area (Å²) in [7, 11) is 0. The van der Waals surface area contributed by atoms with Gasteiger partial charge in [-0.1, -0.05) is 29.5 Å². The van der Waals surface area contributed by atoms with Crippen LogP contribution in [0.25, 0.3) is 15.3 Å². The molecule has 2 atom stereocenters. The number of aromatic nitrogens is 3. The van der Waals surface area contributed by atoms with E-state index in [0.29, 0.717) is 18.1 Å². The Kier molecular flexibility index (Phi) is 5.20. The van der Waals surface area contributed by atoms with Crippen molar-refractivity contribution in [2.75, 3.05) is 13.2 Å². The summed E-state index contributed by atoms with van der Waals surface area (Å²) >= 11 is 7.35. The standard InChI is InChI=1S/C22H21N5OS2/c28-14-6-13-27-20(19(25-21(27)29)16-8-3-4-11-23-16)17-9-5-12-26(17)22-24-15-7-1-2-10-18(15)30-22/h1-5,7-12,19-20,28H,6,13-14H2,(H,25,29)/t19-,20-/m0/s1. The van der Waals surface area contributed by atoms with Crippen LogP contribution in [0.2, 0.25) is 0 Å². The molecule has 6 nitrogen and oxygen atoms in total. The summed E-state index contributed by atoms with van der Waals surface area (Å²) in [5.41, 5.74) is 3.03. The Hall–Kier alpha value is -2.81. The molecule has 4 heterocycles. The first-order valence-corrected chi connectivity index (χ1v) is 11.1. The van der Waals surface area contributed by atoms with Crippen LogP contribution in [0.3, 0.4) is 0 Å². The summed E-state index contributed by atoms with van der Waals surface area (Å²) in [6.07, 6.45) is 4.50. The highest BCUT2D eigenvalue weighted by atomic mass is 32.1. The smallest absolute Gasteiger partial charge is 0.194 e. The zero-order valence-electron chi connectivity index (χ0n) is 16.2. The molecule has 0 aliphatic carbocycles. The molecule has 152 valence electrons. The number of nitrogens with zero attached hydrogens (tertiary/aromatic N) is 4. The highest BCUT2D eigenvalue weighted by Gasteiger charge is 2.41. The quantitative estimate of drug-likeness (QED) is 0.449. The van der Waals surface area contributed by atoms with Gasteiger partial charge in [-0.05, 0) is 55.0 Å². The fraction of sp³-hybridized carbons (Fsp3) is 0.227. The minimum absolute atomic E-state index is 0.0547. The molecule has 1 aromatic carbocycles. The maximum Gasteiger partial charge on any atom is 0.194 e. The molecule has 0 amide bonds. The van der Waals surface area contributed by atoms with Crippen LogP contribution in [0.4, 0.5) is 0 Å². The van der Waals surface area contributed by atoms with Crippen molar-refractivity contribution in [2.45, 2.75) is 18.5 Å². The third-order valence-electron chi connectivity index (χ3n) is 5.33. The predicted octanol–water partition coefficient (Wildman–Crippen LogP) is 3.84. The summed E-state index contributed by atoms with van der Waals surface area (Å²) < 4.78 is 3.30. The first kappa shape index (κ1) is 19.2. The van der Waals surface area contributed by atoms with Crippen LogP contribution in [0, 0.1) is 0 Å². The maximum absolute atomic E-state index is 9.41. The lowest BCUT2D eigenvalue weighted by molar-refractivity contribution is 0.245. The molecule has 0 saturated carbocycles. The van der Waals surface area contributed by atoms with Crippen molar-refractivity contribution < 1.29 is 5.11 Å². The molecule has 0 bridgehead atoms. The van der Waals surface area contributed by atoms with Crippen molar-refractivity contribution in [3.05, 3.63) is 78.4 Å². The van der Waals surface area contributed by atoms with Crippen LogP contribution < -0.4 is 5.32 Å². The number of fused-ring (bicyclic) bond motifs is 1. The zero-order valence-corrected chi connectivity index (χ0v) is 17.8. The molecule has 30 heavy (non-hydrogen) atoms. The van der Waals surface area contributed by atoms with E-state index in [4.69, 9.17) is 17.2 Å². The van der Waals surface area contributed by atoms with Gasteiger partial charge in [-0.2, -0.15) is 0 Å². The summed E-state index contributed by atoms with van der Waals surface area (Å²) in [6, 6.07) is 18.1. The number of rotatable bonds is 6. The second-order valence-corrected chi connectivity index (χ2v) is 8.56. The first-order valence-electron chi connectivity index (χ1n) is 9.88. The molecule has 4 aromatic rings.